The van der Waals surface area contributed by atoms with Crippen LogP contribution in [-0.2, 0) is 20.9 Å². The molecule has 4 saturated carbocycles. The molecule has 4 heteroatoms. The molecular formula is C36H55NO3. The molecule has 6 rings (SSSR count). The zero-order valence-electron chi connectivity index (χ0n) is 25.9. The number of benzene rings is 1. The third-order valence-electron chi connectivity index (χ3n) is 13.2. The lowest BCUT2D eigenvalue weighted by atomic mass is 9.44. The van der Waals surface area contributed by atoms with Gasteiger partial charge >= 0.3 is 0 Å². The number of ether oxygens (including phenoxy) is 2. The van der Waals surface area contributed by atoms with Crippen molar-refractivity contribution in [2.75, 3.05) is 20.7 Å². The highest BCUT2D eigenvalue weighted by molar-refractivity contribution is 5.78. The monoisotopic (exact) mass is 549 g/mol. The molecule has 1 aromatic rings. The van der Waals surface area contributed by atoms with Gasteiger partial charge in [0.2, 0.25) is 5.91 Å². The number of amides is 1. The second-order valence-electron chi connectivity index (χ2n) is 15.3. The fraction of sp³-hybridized carbons (Fsp3) is 0.806. The molecule has 11 atom stereocenters. The largest absolute Gasteiger partial charge is 0.376 e. The molecule has 0 radical (unpaired) electrons. The zero-order valence-corrected chi connectivity index (χ0v) is 25.9. The molecule has 4 aliphatic carbocycles. The van der Waals surface area contributed by atoms with Crippen molar-refractivity contribution >= 4 is 5.91 Å². The van der Waals surface area contributed by atoms with E-state index in [1.54, 1.807) is 4.90 Å². The summed E-state index contributed by atoms with van der Waals surface area (Å²) in [6.07, 6.45) is 15.5. The van der Waals surface area contributed by atoms with E-state index < -0.39 is 0 Å². The molecule has 0 N–H and O–H groups in total. The van der Waals surface area contributed by atoms with E-state index in [0.717, 1.165) is 42.1 Å². The molecular weight excluding hydrogens is 494 g/mol. The molecule has 40 heavy (non-hydrogen) atoms. The highest BCUT2D eigenvalue weighted by Gasteiger charge is 2.65. The van der Waals surface area contributed by atoms with Crippen molar-refractivity contribution in [3.8, 4) is 0 Å². The third-order valence-corrected chi connectivity index (χ3v) is 13.2. The fourth-order valence-electron chi connectivity index (χ4n) is 11.2. The topological polar surface area (TPSA) is 38.8 Å². The standard InChI is InChI=1S/C36H55NO3/c1-24-31(17-14-26(34(38)37(4)5)23-39-22-25-11-7-6-8-12-25)40-32-21-30-28-16-15-27-13-9-10-19-35(27,2)29(28)18-20-36(30,3)33(24)32/h6-8,11-12,24,26-33H,9-10,13-23H2,1-5H3/t24-,26?,27?,28-,29+,30+,31?,32+,33+,35+,36+/m1/s1. The van der Waals surface area contributed by atoms with Crippen molar-refractivity contribution in [1.82, 2.24) is 4.90 Å². The summed E-state index contributed by atoms with van der Waals surface area (Å²) < 4.78 is 13.0. The summed E-state index contributed by atoms with van der Waals surface area (Å²) >= 11 is 0. The number of carbonyl (C=O) groups excluding carboxylic acids is 1. The summed E-state index contributed by atoms with van der Waals surface area (Å²) in [5.41, 5.74) is 2.18. The summed E-state index contributed by atoms with van der Waals surface area (Å²) in [5, 5.41) is 0. The van der Waals surface area contributed by atoms with Crippen LogP contribution in [-0.4, -0.2) is 43.7 Å². The maximum atomic E-state index is 13.1. The SMILES string of the molecule is C[C@@H]1C(CCC(COCc2ccccc2)C(=O)N(C)C)O[C@H]2C[C@H]3[C@@H]4CCC5CCCC[C@]5(C)[C@H]4CC[C@]3(C)[C@H]21. The van der Waals surface area contributed by atoms with Crippen LogP contribution < -0.4 is 0 Å². The van der Waals surface area contributed by atoms with Crippen molar-refractivity contribution in [1.29, 1.82) is 0 Å². The minimum absolute atomic E-state index is 0.111. The predicted octanol–water partition coefficient (Wildman–Crippen LogP) is 7.75. The van der Waals surface area contributed by atoms with Crippen molar-refractivity contribution < 1.29 is 14.3 Å². The Labute approximate surface area is 243 Å². The van der Waals surface area contributed by atoms with Crippen LogP contribution in [0.25, 0.3) is 0 Å². The average molecular weight is 550 g/mol. The number of hydrogen-bond donors (Lipinski definition) is 0. The van der Waals surface area contributed by atoms with Gasteiger partial charge in [-0.2, -0.15) is 0 Å². The van der Waals surface area contributed by atoms with Crippen LogP contribution in [0.4, 0.5) is 0 Å². The second-order valence-corrected chi connectivity index (χ2v) is 15.3. The van der Waals surface area contributed by atoms with E-state index in [1.807, 2.05) is 32.3 Å². The smallest absolute Gasteiger partial charge is 0.227 e. The Morgan fingerprint density at radius 3 is 2.60 bits per heavy atom. The van der Waals surface area contributed by atoms with Gasteiger partial charge in [-0.25, -0.2) is 0 Å². The van der Waals surface area contributed by atoms with E-state index in [9.17, 15) is 4.79 Å². The minimum atomic E-state index is -0.111. The minimum Gasteiger partial charge on any atom is -0.376 e. The second kappa shape index (κ2) is 11.4. The number of nitrogens with zero attached hydrogens (tertiary/aromatic N) is 1. The van der Waals surface area contributed by atoms with Crippen LogP contribution >= 0.6 is 0 Å². The quantitative estimate of drug-likeness (QED) is 0.333. The number of carbonyl (C=O) groups is 1. The Morgan fingerprint density at radius 2 is 1.82 bits per heavy atom. The predicted molar refractivity (Wildman–Crippen MR) is 161 cm³/mol. The van der Waals surface area contributed by atoms with Crippen molar-refractivity contribution in [3.63, 3.8) is 0 Å². The van der Waals surface area contributed by atoms with E-state index in [0.29, 0.717) is 42.0 Å². The van der Waals surface area contributed by atoms with Crippen LogP contribution in [0.2, 0.25) is 0 Å². The van der Waals surface area contributed by atoms with Gasteiger partial charge in [-0.05, 0) is 110 Å². The van der Waals surface area contributed by atoms with Crippen LogP contribution in [0.3, 0.4) is 0 Å². The number of rotatable bonds is 8. The lowest BCUT2D eigenvalue weighted by molar-refractivity contribution is -0.136. The molecule has 5 aliphatic rings. The fourth-order valence-corrected chi connectivity index (χ4v) is 11.2. The molecule has 0 bridgehead atoms. The van der Waals surface area contributed by atoms with E-state index in [4.69, 9.17) is 9.47 Å². The molecule has 1 amide bonds. The highest BCUT2D eigenvalue weighted by Crippen LogP contribution is 2.70. The van der Waals surface area contributed by atoms with E-state index in [-0.39, 0.29) is 17.9 Å². The van der Waals surface area contributed by atoms with Gasteiger partial charge in [0, 0.05) is 14.1 Å². The maximum absolute atomic E-state index is 13.1. The molecule has 0 spiro atoms. The summed E-state index contributed by atoms with van der Waals surface area (Å²) in [6, 6.07) is 10.3. The Hall–Kier alpha value is -1.39. The van der Waals surface area contributed by atoms with E-state index in [1.165, 1.54) is 57.8 Å². The Bertz CT molecular complexity index is 1030. The lowest BCUT2D eigenvalue weighted by Gasteiger charge is -2.60. The lowest BCUT2D eigenvalue weighted by Crippen LogP contribution is -2.53. The number of hydrogen-bond acceptors (Lipinski definition) is 3. The van der Waals surface area contributed by atoms with Crippen LogP contribution in [0.1, 0.15) is 97.0 Å². The van der Waals surface area contributed by atoms with Gasteiger partial charge < -0.3 is 14.4 Å². The number of fused-ring (bicyclic) bond motifs is 7. The summed E-state index contributed by atoms with van der Waals surface area (Å²) in [7, 11) is 3.73. The van der Waals surface area contributed by atoms with Gasteiger partial charge in [0.05, 0.1) is 31.3 Å². The molecule has 1 saturated heterocycles. The average Bonchev–Trinajstić information content (AvgIpc) is 3.43. The normalized spacial score (nSPS) is 42.8. The molecule has 222 valence electrons. The van der Waals surface area contributed by atoms with Gasteiger partial charge in [0.1, 0.15) is 0 Å². The van der Waals surface area contributed by atoms with Crippen LogP contribution in [0, 0.1) is 52.3 Å². The third kappa shape index (κ3) is 4.97. The Balaban J connectivity index is 1.08. The van der Waals surface area contributed by atoms with Gasteiger partial charge in [-0.1, -0.05) is 63.9 Å². The summed E-state index contributed by atoms with van der Waals surface area (Å²) in [5.74, 6) is 5.01. The first-order valence-electron chi connectivity index (χ1n) is 16.7. The Morgan fingerprint density at radius 1 is 1.02 bits per heavy atom. The molecule has 4 nitrogen and oxygen atoms in total. The van der Waals surface area contributed by atoms with Gasteiger partial charge in [0.25, 0.3) is 0 Å². The van der Waals surface area contributed by atoms with Crippen molar-refractivity contribution in [2.45, 2.75) is 110 Å². The first-order chi connectivity index (χ1) is 19.2. The molecule has 3 unspecified atom stereocenters. The highest BCUT2D eigenvalue weighted by atomic mass is 16.5. The van der Waals surface area contributed by atoms with Crippen LogP contribution in [0.5, 0.6) is 0 Å². The Kier molecular flexibility index (Phi) is 8.16. The maximum Gasteiger partial charge on any atom is 0.227 e. The van der Waals surface area contributed by atoms with Crippen molar-refractivity contribution in [2.24, 2.45) is 52.3 Å². The van der Waals surface area contributed by atoms with Gasteiger partial charge in [-0.3, -0.25) is 4.79 Å². The first-order valence-corrected chi connectivity index (χ1v) is 16.7. The van der Waals surface area contributed by atoms with Gasteiger partial charge in [-0.15, -0.1) is 0 Å². The molecule has 5 fully saturated rings. The first kappa shape index (κ1) is 28.7. The zero-order chi connectivity index (χ0) is 28.1. The van der Waals surface area contributed by atoms with E-state index >= 15 is 0 Å². The molecule has 1 aromatic carbocycles. The van der Waals surface area contributed by atoms with Crippen molar-refractivity contribution in [3.05, 3.63) is 35.9 Å². The van der Waals surface area contributed by atoms with Crippen LogP contribution in [0.15, 0.2) is 30.3 Å². The van der Waals surface area contributed by atoms with Gasteiger partial charge in [0.15, 0.2) is 0 Å². The molecule has 1 heterocycles. The summed E-state index contributed by atoms with van der Waals surface area (Å²) in [4.78, 5) is 14.8. The van der Waals surface area contributed by atoms with E-state index in [2.05, 4.69) is 32.9 Å². The summed E-state index contributed by atoms with van der Waals surface area (Å²) in [6.45, 7) is 8.86. The molecule has 0 aromatic heterocycles. The molecule has 1 aliphatic heterocycles.